The Hall–Kier alpha value is -6.74. The lowest BCUT2D eigenvalue weighted by Gasteiger charge is -2.27. The van der Waals surface area contributed by atoms with Gasteiger partial charge in [-0.3, -0.25) is 0 Å². The van der Waals surface area contributed by atoms with Crippen LogP contribution in [0.2, 0.25) is 0 Å². The van der Waals surface area contributed by atoms with E-state index < -0.39 is 0 Å². The van der Waals surface area contributed by atoms with Crippen LogP contribution in [0.25, 0.3) is 75.5 Å². The number of benzene rings is 9. The van der Waals surface area contributed by atoms with Gasteiger partial charge in [-0.05, 0) is 97.7 Å². The average molecular weight is 706 g/mol. The smallest absolute Gasteiger partial charge is 0.0467 e. The van der Waals surface area contributed by atoms with Gasteiger partial charge in [0.15, 0.2) is 0 Å². The Balaban J connectivity index is 1.08. The molecule has 0 amide bonds. The van der Waals surface area contributed by atoms with E-state index in [1.165, 1.54) is 75.5 Å². The highest BCUT2D eigenvalue weighted by Crippen LogP contribution is 2.43. The maximum absolute atomic E-state index is 2.39. The Morgan fingerprint density at radius 2 is 0.778 bits per heavy atom. The van der Waals surface area contributed by atoms with Gasteiger partial charge in [-0.25, -0.2) is 0 Å². The Kier molecular flexibility index (Phi) is 8.09. The molecular formula is C52H35NS. The maximum atomic E-state index is 2.39. The third-order valence-electron chi connectivity index (χ3n) is 10.5. The molecule has 0 aliphatic carbocycles. The van der Waals surface area contributed by atoms with Crippen LogP contribution < -0.4 is 4.90 Å². The topological polar surface area (TPSA) is 3.24 Å². The predicted octanol–water partition coefficient (Wildman–Crippen LogP) is 15.3. The summed E-state index contributed by atoms with van der Waals surface area (Å²) >= 11 is 1.88. The Labute approximate surface area is 319 Å². The SMILES string of the molecule is c1ccc(-c2ccc(-c3ccc(N(c4cccc(-c5cccc6ccccc56)c4)c4cccc(-c5cccc6c5sc5ccccc56)c4)cc3)cc2)cc1. The van der Waals surface area contributed by atoms with Crippen LogP contribution in [0.15, 0.2) is 212 Å². The molecule has 2 heteroatoms. The van der Waals surface area contributed by atoms with Crippen molar-refractivity contribution in [3.05, 3.63) is 212 Å². The van der Waals surface area contributed by atoms with Crippen LogP contribution in [0.5, 0.6) is 0 Å². The first kappa shape index (κ1) is 32.0. The summed E-state index contributed by atoms with van der Waals surface area (Å²) in [5.74, 6) is 0. The molecule has 1 aromatic heterocycles. The highest BCUT2D eigenvalue weighted by Gasteiger charge is 2.17. The molecule has 0 radical (unpaired) electrons. The lowest BCUT2D eigenvalue weighted by Crippen LogP contribution is -2.10. The number of fused-ring (bicyclic) bond motifs is 4. The normalized spacial score (nSPS) is 11.3. The van der Waals surface area contributed by atoms with Gasteiger partial charge in [-0.15, -0.1) is 11.3 Å². The number of hydrogen-bond acceptors (Lipinski definition) is 2. The van der Waals surface area contributed by atoms with E-state index in [4.69, 9.17) is 0 Å². The number of anilines is 3. The third kappa shape index (κ3) is 5.84. The number of rotatable bonds is 7. The molecule has 1 heterocycles. The molecule has 0 atom stereocenters. The standard InChI is InChI=1S/C52H35NS/c1-2-12-36(13-3-1)37-26-28-38(29-27-37)39-30-32-43(33-31-39)53(44-18-8-16-41(34-44)47-22-10-15-40-14-4-5-20-46(40)47)45-19-9-17-42(35-45)48-23-11-24-50-49-21-6-7-25-51(49)54-52(48)50/h1-35H. The van der Waals surface area contributed by atoms with Gasteiger partial charge < -0.3 is 4.90 Å². The number of nitrogens with zero attached hydrogens (tertiary/aromatic N) is 1. The summed E-state index contributed by atoms with van der Waals surface area (Å²) in [6.45, 7) is 0. The fraction of sp³-hybridized carbons (Fsp3) is 0. The molecule has 1 nitrogen and oxygen atoms in total. The quantitative estimate of drug-likeness (QED) is 0.160. The maximum Gasteiger partial charge on any atom is 0.0467 e. The van der Waals surface area contributed by atoms with Crippen molar-refractivity contribution in [3.63, 3.8) is 0 Å². The molecule has 9 aromatic carbocycles. The van der Waals surface area contributed by atoms with Crippen LogP contribution in [0.4, 0.5) is 17.1 Å². The van der Waals surface area contributed by atoms with Crippen molar-refractivity contribution in [2.75, 3.05) is 4.90 Å². The van der Waals surface area contributed by atoms with Crippen molar-refractivity contribution in [1.82, 2.24) is 0 Å². The van der Waals surface area contributed by atoms with Crippen molar-refractivity contribution in [2.24, 2.45) is 0 Å². The molecule has 254 valence electrons. The molecule has 54 heavy (non-hydrogen) atoms. The first-order chi connectivity index (χ1) is 26.8. The van der Waals surface area contributed by atoms with Gasteiger partial charge >= 0.3 is 0 Å². The minimum atomic E-state index is 1.10. The summed E-state index contributed by atoms with van der Waals surface area (Å²) in [6.07, 6.45) is 0. The summed E-state index contributed by atoms with van der Waals surface area (Å²) in [7, 11) is 0. The van der Waals surface area contributed by atoms with E-state index in [2.05, 4.69) is 217 Å². The van der Waals surface area contributed by atoms with E-state index in [9.17, 15) is 0 Å². The highest BCUT2D eigenvalue weighted by molar-refractivity contribution is 7.26. The largest absolute Gasteiger partial charge is 0.310 e. The monoisotopic (exact) mass is 705 g/mol. The zero-order chi connectivity index (χ0) is 35.8. The van der Waals surface area contributed by atoms with E-state index in [0.29, 0.717) is 0 Å². The Bertz CT molecular complexity index is 2920. The number of hydrogen-bond donors (Lipinski definition) is 0. The minimum Gasteiger partial charge on any atom is -0.310 e. The summed E-state index contributed by atoms with van der Waals surface area (Å²) in [6, 6.07) is 77.1. The van der Waals surface area contributed by atoms with Crippen LogP contribution in [0.1, 0.15) is 0 Å². The first-order valence-electron chi connectivity index (χ1n) is 18.4. The lowest BCUT2D eigenvalue weighted by atomic mass is 9.97. The highest BCUT2D eigenvalue weighted by atomic mass is 32.1. The molecule has 0 N–H and O–H groups in total. The fourth-order valence-electron chi connectivity index (χ4n) is 7.81. The second kappa shape index (κ2) is 13.7. The zero-order valence-electron chi connectivity index (χ0n) is 29.6. The van der Waals surface area contributed by atoms with Gasteiger partial charge in [0.2, 0.25) is 0 Å². The molecule has 0 aliphatic rings. The van der Waals surface area contributed by atoms with Gasteiger partial charge in [0.1, 0.15) is 0 Å². The molecule has 0 spiro atoms. The van der Waals surface area contributed by atoms with E-state index >= 15 is 0 Å². The summed E-state index contributed by atoms with van der Waals surface area (Å²) < 4.78 is 2.64. The molecule has 0 saturated carbocycles. The van der Waals surface area contributed by atoms with Crippen LogP contribution >= 0.6 is 11.3 Å². The third-order valence-corrected chi connectivity index (χ3v) is 11.7. The molecule has 0 bridgehead atoms. The fourth-order valence-corrected chi connectivity index (χ4v) is 9.05. The second-order valence-corrected chi connectivity index (χ2v) is 14.8. The molecule has 10 rings (SSSR count). The van der Waals surface area contributed by atoms with Crippen molar-refractivity contribution < 1.29 is 0 Å². The van der Waals surface area contributed by atoms with Gasteiger partial charge in [-0.1, -0.05) is 170 Å². The Morgan fingerprint density at radius 1 is 0.296 bits per heavy atom. The van der Waals surface area contributed by atoms with Crippen molar-refractivity contribution in [3.8, 4) is 44.5 Å². The second-order valence-electron chi connectivity index (χ2n) is 13.7. The van der Waals surface area contributed by atoms with Gasteiger partial charge in [0, 0.05) is 37.2 Å². The van der Waals surface area contributed by atoms with Crippen LogP contribution in [-0.4, -0.2) is 0 Å². The molecule has 0 unspecified atom stereocenters. The average Bonchev–Trinajstić information content (AvgIpc) is 3.64. The van der Waals surface area contributed by atoms with Gasteiger partial charge in [0.25, 0.3) is 0 Å². The summed E-state index contributed by atoms with van der Waals surface area (Å²) in [5, 5.41) is 5.13. The molecule has 0 saturated heterocycles. The van der Waals surface area contributed by atoms with Gasteiger partial charge in [0.05, 0.1) is 0 Å². The molecule has 0 fully saturated rings. The first-order valence-corrected chi connectivity index (χ1v) is 19.2. The lowest BCUT2D eigenvalue weighted by molar-refractivity contribution is 1.28. The van der Waals surface area contributed by atoms with Crippen LogP contribution in [-0.2, 0) is 0 Å². The van der Waals surface area contributed by atoms with Crippen molar-refractivity contribution in [2.45, 2.75) is 0 Å². The summed E-state index contributed by atoms with van der Waals surface area (Å²) in [5.41, 5.74) is 13.0. The van der Waals surface area contributed by atoms with Crippen LogP contribution in [0.3, 0.4) is 0 Å². The van der Waals surface area contributed by atoms with Gasteiger partial charge in [-0.2, -0.15) is 0 Å². The minimum absolute atomic E-state index is 1.10. The molecular weight excluding hydrogens is 671 g/mol. The van der Waals surface area contributed by atoms with Crippen molar-refractivity contribution in [1.29, 1.82) is 0 Å². The zero-order valence-corrected chi connectivity index (χ0v) is 30.4. The summed E-state index contributed by atoms with van der Waals surface area (Å²) in [4.78, 5) is 2.39. The molecule has 0 aliphatic heterocycles. The van der Waals surface area contributed by atoms with Crippen molar-refractivity contribution >= 4 is 59.3 Å². The molecule has 10 aromatic rings. The van der Waals surface area contributed by atoms with Crippen LogP contribution in [0, 0.1) is 0 Å². The van der Waals surface area contributed by atoms with E-state index in [1.807, 2.05) is 11.3 Å². The predicted molar refractivity (Wildman–Crippen MR) is 233 cm³/mol. The van der Waals surface area contributed by atoms with E-state index in [0.717, 1.165) is 17.1 Å². The van der Waals surface area contributed by atoms with E-state index in [1.54, 1.807) is 0 Å². The Morgan fingerprint density at radius 3 is 1.50 bits per heavy atom. The number of thiophene rings is 1. The van der Waals surface area contributed by atoms with E-state index in [-0.39, 0.29) is 0 Å².